The van der Waals surface area contributed by atoms with Crippen molar-refractivity contribution in [2.45, 2.75) is 0 Å². The molecule has 0 aromatic heterocycles. The first kappa shape index (κ1) is 5.90. The first-order valence-corrected chi connectivity index (χ1v) is 2.82. The summed E-state index contributed by atoms with van der Waals surface area (Å²) in [6.45, 7) is 0.847. The maximum absolute atomic E-state index is 8.47. The van der Waals surface area contributed by atoms with Crippen molar-refractivity contribution < 1.29 is 0 Å². The van der Waals surface area contributed by atoms with Crippen molar-refractivity contribution in [3.63, 3.8) is 0 Å². The van der Waals surface area contributed by atoms with Crippen LogP contribution in [0.25, 0.3) is 0 Å². The summed E-state index contributed by atoms with van der Waals surface area (Å²) in [5.74, 6) is 0. The van der Waals surface area contributed by atoms with Gasteiger partial charge in [0.05, 0.1) is 0 Å². The Labute approximate surface area is 54.7 Å². The largest absolute Gasteiger partial charge is 0.362 e. The van der Waals surface area contributed by atoms with E-state index in [-0.39, 0.29) is 0 Å². The highest BCUT2D eigenvalue weighted by molar-refractivity contribution is 5.27. The van der Waals surface area contributed by atoms with Crippen molar-refractivity contribution in [2.75, 3.05) is 13.6 Å². The third kappa shape index (κ3) is 1.11. The van der Waals surface area contributed by atoms with Gasteiger partial charge in [-0.25, -0.2) is 0 Å². The number of nitriles is 1. The maximum Gasteiger partial charge on any atom is 0.117 e. The highest BCUT2D eigenvalue weighted by Gasteiger charge is 2.01. The molecular weight excluding hydrogens is 112 g/mol. The van der Waals surface area contributed by atoms with Crippen LogP contribution >= 0.6 is 0 Å². The zero-order valence-corrected chi connectivity index (χ0v) is 5.33. The zero-order valence-electron chi connectivity index (χ0n) is 5.33. The van der Waals surface area contributed by atoms with E-state index in [1.54, 1.807) is 0 Å². The van der Waals surface area contributed by atoms with Crippen molar-refractivity contribution in [3.05, 3.63) is 23.9 Å². The fourth-order valence-corrected chi connectivity index (χ4v) is 0.726. The van der Waals surface area contributed by atoms with E-state index in [2.05, 4.69) is 6.07 Å². The lowest BCUT2D eigenvalue weighted by molar-refractivity contribution is 0.478. The molecule has 1 rings (SSSR count). The molecular formula is C7H8N2. The zero-order chi connectivity index (χ0) is 6.69. The van der Waals surface area contributed by atoms with Gasteiger partial charge in [0, 0.05) is 13.6 Å². The van der Waals surface area contributed by atoms with Crippen LogP contribution in [0.1, 0.15) is 0 Å². The number of rotatable bonds is 0. The third-order valence-electron chi connectivity index (χ3n) is 1.30. The van der Waals surface area contributed by atoms with Crippen LogP contribution in [0.3, 0.4) is 0 Å². The summed E-state index contributed by atoms with van der Waals surface area (Å²) >= 11 is 0. The molecule has 0 amide bonds. The van der Waals surface area contributed by atoms with Crippen molar-refractivity contribution in [2.24, 2.45) is 0 Å². The summed E-state index contributed by atoms with van der Waals surface area (Å²) in [5.41, 5.74) is 0.734. The first-order valence-electron chi connectivity index (χ1n) is 2.82. The van der Waals surface area contributed by atoms with Crippen molar-refractivity contribution >= 4 is 0 Å². The molecule has 0 radical (unpaired) electrons. The summed E-state index contributed by atoms with van der Waals surface area (Å²) in [6.07, 6.45) is 5.73. The van der Waals surface area contributed by atoms with E-state index in [4.69, 9.17) is 5.26 Å². The van der Waals surface area contributed by atoms with E-state index in [1.807, 2.05) is 30.2 Å². The van der Waals surface area contributed by atoms with Crippen LogP contribution in [0.2, 0.25) is 0 Å². The lowest BCUT2D eigenvalue weighted by atomic mass is 10.3. The molecule has 0 saturated heterocycles. The van der Waals surface area contributed by atoms with E-state index < -0.39 is 0 Å². The van der Waals surface area contributed by atoms with Crippen LogP contribution in [0, 0.1) is 11.3 Å². The highest BCUT2D eigenvalue weighted by Crippen LogP contribution is 2.04. The summed E-state index contributed by atoms with van der Waals surface area (Å²) < 4.78 is 0. The smallest absolute Gasteiger partial charge is 0.117 e. The van der Waals surface area contributed by atoms with Gasteiger partial charge in [-0.2, -0.15) is 5.26 Å². The monoisotopic (exact) mass is 120 g/mol. The predicted octanol–water partition coefficient (Wildman–Crippen LogP) is 0.895. The summed E-state index contributed by atoms with van der Waals surface area (Å²) in [5, 5.41) is 8.47. The SMILES string of the molecule is CN1CC=CC=C1C#N. The van der Waals surface area contributed by atoms with E-state index in [0.717, 1.165) is 12.2 Å². The molecule has 46 valence electrons. The Hall–Kier alpha value is -1.23. The van der Waals surface area contributed by atoms with Crippen LogP contribution in [0.4, 0.5) is 0 Å². The fraction of sp³-hybridized carbons (Fsp3) is 0.286. The molecule has 1 aliphatic rings. The van der Waals surface area contributed by atoms with Crippen LogP contribution < -0.4 is 0 Å². The first-order chi connectivity index (χ1) is 4.34. The van der Waals surface area contributed by atoms with Crippen LogP contribution in [0.5, 0.6) is 0 Å². The Balaban J connectivity index is 2.78. The van der Waals surface area contributed by atoms with Gasteiger partial charge < -0.3 is 4.90 Å². The Morgan fingerprint density at radius 2 is 2.56 bits per heavy atom. The molecule has 0 N–H and O–H groups in total. The second-order valence-corrected chi connectivity index (χ2v) is 1.97. The molecule has 0 fully saturated rings. The van der Waals surface area contributed by atoms with Gasteiger partial charge >= 0.3 is 0 Å². The molecule has 1 heterocycles. The highest BCUT2D eigenvalue weighted by atomic mass is 15.1. The van der Waals surface area contributed by atoms with E-state index in [1.165, 1.54) is 0 Å². The molecule has 0 bridgehead atoms. The Morgan fingerprint density at radius 1 is 1.78 bits per heavy atom. The van der Waals surface area contributed by atoms with Gasteiger partial charge in [-0.3, -0.25) is 0 Å². The van der Waals surface area contributed by atoms with Gasteiger partial charge in [-0.05, 0) is 6.08 Å². The minimum absolute atomic E-state index is 0.734. The van der Waals surface area contributed by atoms with Gasteiger partial charge in [0.15, 0.2) is 0 Å². The second-order valence-electron chi connectivity index (χ2n) is 1.97. The minimum atomic E-state index is 0.734. The van der Waals surface area contributed by atoms with Crippen LogP contribution in [-0.4, -0.2) is 18.5 Å². The van der Waals surface area contributed by atoms with Crippen molar-refractivity contribution in [1.82, 2.24) is 4.90 Å². The van der Waals surface area contributed by atoms with Crippen LogP contribution in [-0.2, 0) is 0 Å². The molecule has 0 unspecified atom stereocenters. The number of allylic oxidation sites excluding steroid dienone is 3. The van der Waals surface area contributed by atoms with Gasteiger partial charge in [-0.1, -0.05) is 12.2 Å². The average Bonchev–Trinajstić information content (AvgIpc) is 1.89. The molecule has 0 saturated carbocycles. The van der Waals surface area contributed by atoms with Gasteiger partial charge in [0.1, 0.15) is 11.8 Å². The quantitative estimate of drug-likeness (QED) is 0.474. The van der Waals surface area contributed by atoms with Crippen molar-refractivity contribution in [1.29, 1.82) is 5.26 Å². The number of hydrogen-bond acceptors (Lipinski definition) is 2. The fourth-order valence-electron chi connectivity index (χ4n) is 0.726. The Bertz CT molecular complexity index is 195. The molecule has 2 nitrogen and oxygen atoms in total. The standard InChI is InChI=1S/C7H8N2/c1-9-5-3-2-4-7(9)6-8/h2-4H,5H2,1H3. The van der Waals surface area contributed by atoms with Gasteiger partial charge in [0.2, 0.25) is 0 Å². The molecule has 2 heteroatoms. The normalized spacial score (nSPS) is 16.9. The Kier molecular flexibility index (Phi) is 1.55. The maximum atomic E-state index is 8.47. The molecule has 0 atom stereocenters. The topological polar surface area (TPSA) is 27.0 Å². The summed E-state index contributed by atoms with van der Waals surface area (Å²) in [7, 11) is 1.90. The lowest BCUT2D eigenvalue weighted by Crippen LogP contribution is -2.18. The molecule has 0 aliphatic carbocycles. The van der Waals surface area contributed by atoms with E-state index >= 15 is 0 Å². The Morgan fingerprint density at radius 3 is 3.00 bits per heavy atom. The van der Waals surface area contributed by atoms with Gasteiger partial charge in [-0.15, -0.1) is 0 Å². The van der Waals surface area contributed by atoms with Crippen LogP contribution in [0.15, 0.2) is 23.9 Å². The molecule has 9 heavy (non-hydrogen) atoms. The van der Waals surface area contributed by atoms with Gasteiger partial charge in [0.25, 0.3) is 0 Å². The molecule has 0 spiro atoms. The van der Waals surface area contributed by atoms with E-state index in [9.17, 15) is 0 Å². The molecule has 0 aromatic rings. The number of nitrogens with zero attached hydrogens (tertiary/aromatic N) is 2. The third-order valence-corrected chi connectivity index (χ3v) is 1.30. The number of hydrogen-bond donors (Lipinski definition) is 0. The molecule has 1 aliphatic heterocycles. The number of likely N-dealkylation sites (N-methyl/N-ethyl adjacent to an activating group) is 1. The van der Waals surface area contributed by atoms with Crippen molar-refractivity contribution in [3.8, 4) is 6.07 Å². The summed E-state index contributed by atoms with van der Waals surface area (Å²) in [6, 6.07) is 2.09. The minimum Gasteiger partial charge on any atom is -0.362 e. The predicted molar refractivity (Wildman–Crippen MR) is 35.5 cm³/mol. The molecule has 0 aromatic carbocycles. The average molecular weight is 120 g/mol. The lowest BCUT2D eigenvalue weighted by Gasteiger charge is -2.17. The second kappa shape index (κ2) is 2.36. The summed E-state index contributed by atoms with van der Waals surface area (Å²) in [4.78, 5) is 1.90. The van der Waals surface area contributed by atoms with E-state index in [0.29, 0.717) is 0 Å².